The second-order valence-corrected chi connectivity index (χ2v) is 17.4. The van der Waals surface area contributed by atoms with E-state index >= 15 is 0 Å². The maximum atomic E-state index is 6.75. The fourth-order valence-electron chi connectivity index (χ4n) is 10.1. The number of fused-ring (bicyclic) bond motifs is 15. The SMILES string of the molecule is CCC1c2cc3c(cc2OC)OCCOCCOCCOCCOc2cc(OC)c(cc21)C(CC)c1cc2c(OC)cc1OCCOCCOCCOCCOc1cc(OC)c(cc1C2CC)C3CC. The fraction of sp³-hybridized carbons (Fsp3) is 0.571. The topological polar surface area (TPSA) is 129 Å². The number of rotatable bonds is 8. The van der Waals surface area contributed by atoms with Gasteiger partial charge in [0.15, 0.2) is 0 Å². The first-order chi connectivity index (χ1) is 34.4. The second-order valence-electron chi connectivity index (χ2n) is 17.4. The van der Waals surface area contributed by atoms with Crippen LogP contribution in [-0.2, 0) is 28.4 Å². The standard InChI is InChI=1S/C56H76O14/c1-9-37-41-29-47-40(12-4)44-32-46-38(10-2)42-30-48(56(34-50(42)58-6)70-28-24-66-20-16-62-14-18-64-22-26-68-54(46)36-52(44)60-8)39(11-3)43-31-45(37)53(35-51(43)59-7)67-25-21-63-17-13-61-15-19-65-23-27-69-55(47)33-49(41)57-5/h29-40H,9-28H2,1-8H3. The third-order valence-electron chi connectivity index (χ3n) is 13.5. The summed E-state index contributed by atoms with van der Waals surface area (Å²) in [6, 6.07) is 17.3. The Morgan fingerprint density at radius 3 is 0.643 bits per heavy atom. The lowest BCUT2D eigenvalue weighted by Crippen LogP contribution is -2.18. The minimum atomic E-state index is -0.196. The van der Waals surface area contributed by atoms with Crippen LogP contribution in [0.2, 0.25) is 0 Å². The van der Waals surface area contributed by atoms with Crippen LogP contribution >= 0.6 is 0 Å². The van der Waals surface area contributed by atoms with Crippen molar-refractivity contribution in [3.05, 3.63) is 93.0 Å². The number of ether oxygens (including phenoxy) is 14. The Bertz CT molecular complexity index is 2090. The smallest absolute Gasteiger partial charge is 0.126 e. The Balaban J connectivity index is 1.58. The summed E-state index contributed by atoms with van der Waals surface area (Å²) in [6.45, 7) is 15.1. The molecule has 4 aromatic rings. The van der Waals surface area contributed by atoms with Crippen LogP contribution in [0.15, 0.2) is 48.5 Å². The molecule has 4 aromatic carbocycles. The van der Waals surface area contributed by atoms with Gasteiger partial charge in [-0.05, 0) is 49.9 Å². The largest absolute Gasteiger partial charge is 0.496 e. The molecule has 10 bridgehead atoms. The summed E-state index contributed by atoms with van der Waals surface area (Å²) in [5.74, 6) is 4.86. The third kappa shape index (κ3) is 12.6. The van der Waals surface area contributed by atoms with Gasteiger partial charge < -0.3 is 66.3 Å². The summed E-state index contributed by atoms with van der Waals surface area (Å²) in [4.78, 5) is 0. The van der Waals surface area contributed by atoms with E-state index in [0.717, 1.165) is 70.2 Å². The molecular weight excluding hydrogens is 897 g/mol. The predicted octanol–water partition coefficient (Wildman–Crippen LogP) is 9.84. The van der Waals surface area contributed by atoms with Gasteiger partial charge in [0.25, 0.3) is 0 Å². The molecule has 70 heavy (non-hydrogen) atoms. The van der Waals surface area contributed by atoms with E-state index < -0.39 is 0 Å². The van der Waals surface area contributed by atoms with Crippen molar-refractivity contribution in [2.75, 3.05) is 134 Å². The molecule has 8 rings (SSSR count). The van der Waals surface area contributed by atoms with Crippen molar-refractivity contribution in [3.63, 3.8) is 0 Å². The Hall–Kier alpha value is -4.96. The normalized spacial score (nSPS) is 21.1. The molecule has 0 amide bonds. The molecule has 4 unspecified atom stereocenters. The third-order valence-corrected chi connectivity index (χ3v) is 13.5. The van der Waals surface area contributed by atoms with Crippen molar-refractivity contribution in [3.8, 4) is 46.0 Å². The highest BCUT2D eigenvalue weighted by Crippen LogP contribution is 2.52. The van der Waals surface area contributed by atoms with Crippen LogP contribution in [0.5, 0.6) is 46.0 Å². The molecule has 4 aliphatic rings. The summed E-state index contributed by atoms with van der Waals surface area (Å²) in [6.07, 6.45) is 2.89. The van der Waals surface area contributed by atoms with Gasteiger partial charge in [0, 0.05) is 92.4 Å². The first-order valence-electron chi connectivity index (χ1n) is 25.3. The number of benzene rings is 4. The zero-order chi connectivity index (χ0) is 49.2. The van der Waals surface area contributed by atoms with Crippen molar-refractivity contribution in [2.45, 2.75) is 77.0 Å². The van der Waals surface area contributed by atoms with Crippen LogP contribution in [0.3, 0.4) is 0 Å². The van der Waals surface area contributed by atoms with Gasteiger partial charge in [0.1, 0.15) is 72.4 Å². The van der Waals surface area contributed by atoms with E-state index in [1.165, 1.54) is 0 Å². The van der Waals surface area contributed by atoms with Gasteiger partial charge in [-0.15, -0.1) is 0 Å². The molecule has 3 aliphatic heterocycles. The lowest BCUT2D eigenvalue weighted by molar-refractivity contribution is 0.00483. The van der Waals surface area contributed by atoms with Crippen LogP contribution in [0, 0.1) is 0 Å². The van der Waals surface area contributed by atoms with Crippen LogP contribution in [0.4, 0.5) is 0 Å². The predicted molar refractivity (Wildman–Crippen MR) is 267 cm³/mol. The van der Waals surface area contributed by atoms with Crippen LogP contribution < -0.4 is 37.9 Å². The number of hydrogen-bond donors (Lipinski definition) is 0. The quantitative estimate of drug-likeness (QED) is 0.155. The van der Waals surface area contributed by atoms with Gasteiger partial charge in [-0.25, -0.2) is 0 Å². The van der Waals surface area contributed by atoms with Crippen molar-refractivity contribution in [2.24, 2.45) is 0 Å². The highest BCUT2D eigenvalue weighted by Gasteiger charge is 2.34. The van der Waals surface area contributed by atoms with Crippen molar-refractivity contribution in [1.82, 2.24) is 0 Å². The Kier molecular flexibility index (Phi) is 20.4. The summed E-state index contributed by atoms with van der Waals surface area (Å²) in [5, 5.41) is 0. The van der Waals surface area contributed by atoms with Gasteiger partial charge in [0.2, 0.25) is 0 Å². The van der Waals surface area contributed by atoms with Gasteiger partial charge in [0.05, 0.1) is 108 Å². The van der Waals surface area contributed by atoms with Crippen molar-refractivity contribution < 1.29 is 66.3 Å². The maximum absolute atomic E-state index is 6.75. The van der Waals surface area contributed by atoms with Crippen molar-refractivity contribution >= 4 is 0 Å². The van der Waals surface area contributed by atoms with Crippen LogP contribution in [0.25, 0.3) is 0 Å². The number of methoxy groups -OCH3 is 4. The molecule has 1 aliphatic carbocycles. The number of hydrogen-bond acceptors (Lipinski definition) is 14. The summed E-state index contributed by atoms with van der Waals surface area (Å²) < 4.78 is 88.0. The molecule has 3 heterocycles. The molecule has 0 aromatic heterocycles. The van der Waals surface area contributed by atoms with E-state index in [1.54, 1.807) is 28.4 Å². The van der Waals surface area contributed by atoms with Gasteiger partial charge in [-0.3, -0.25) is 0 Å². The Morgan fingerprint density at radius 2 is 0.471 bits per heavy atom. The highest BCUT2D eigenvalue weighted by molar-refractivity contribution is 5.63. The first-order valence-corrected chi connectivity index (χ1v) is 25.3. The molecule has 0 spiro atoms. The second kappa shape index (κ2) is 27.0. The zero-order valence-electron chi connectivity index (χ0n) is 42.8. The average Bonchev–Trinajstić information content (AvgIpc) is 3.38. The molecule has 0 fully saturated rings. The van der Waals surface area contributed by atoms with Crippen LogP contribution in [0.1, 0.15) is 122 Å². The van der Waals surface area contributed by atoms with Gasteiger partial charge in [-0.2, -0.15) is 0 Å². The molecule has 0 N–H and O–H groups in total. The molecule has 14 heteroatoms. The van der Waals surface area contributed by atoms with E-state index in [2.05, 4.69) is 52.0 Å². The van der Waals surface area contributed by atoms with E-state index in [9.17, 15) is 0 Å². The lowest BCUT2D eigenvalue weighted by atomic mass is 9.77. The average molecular weight is 973 g/mol. The molecular formula is C56H76O14. The van der Waals surface area contributed by atoms with Gasteiger partial charge in [-0.1, -0.05) is 27.7 Å². The summed E-state index contributed by atoms with van der Waals surface area (Å²) >= 11 is 0. The first kappa shape index (κ1) is 52.9. The van der Waals surface area contributed by atoms with Crippen molar-refractivity contribution in [1.29, 1.82) is 0 Å². The summed E-state index contributed by atoms with van der Waals surface area (Å²) in [7, 11) is 6.88. The van der Waals surface area contributed by atoms with Crippen LogP contribution in [-0.4, -0.2) is 134 Å². The Labute approximate surface area is 415 Å². The maximum Gasteiger partial charge on any atom is 0.126 e. The highest BCUT2D eigenvalue weighted by atomic mass is 16.6. The van der Waals surface area contributed by atoms with E-state index in [1.807, 2.05) is 24.3 Å². The fourth-order valence-corrected chi connectivity index (χ4v) is 10.1. The lowest BCUT2D eigenvalue weighted by Gasteiger charge is -2.31. The molecule has 4 atom stereocenters. The van der Waals surface area contributed by atoms with E-state index in [-0.39, 0.29) is 23.7 Å². The summed E-state index contributed by atoms with van der Waals surface area (Å²) in [5.41, 5.74) is 8.00. The molecule has 14 nitrogen and oxygen atoms in total. The van der Waals surface area contributed by atoms with E-state index in [0.29, 0.717) is 152 Å². The van der Waals surface area contributed by atoms with E-state index in [4.69, 9.17) is 66.3 Å². The zero-order valence-corrected chi connectivity index (χ0v) is 42.8. The minimum absolute atomic E-state index is 0.191. The molecule has 0 saturated heterocycles. The van der Waals surface area contributed by atoms with Gasteiger partial charge >= 0.3 is 0 Å². The molecule has 0 saturated carbocycles. The minimum Gasteiger partial charge on any atom is -0.496 e. The Morgan fingerprint density at radius 1 is 0.286 bits per heavy atom. The monoisotopic (exact) mass is 973 g/mol. The molecule has 0 radical (unpaired) electrons. The molecule has 384 valence electrons.